The van der Waals surface area contributed by atoms with E-state index in [1.54, 1.807) is 13.3 Å². The highest BCUT2D eigenvalue weighted by molar-refractivity contribution is 8.16. The van der Waals surface area contributed by atoms with Crippen LogP contribution >= 0.6 is 11.8 Å². The van der Waals surface area contributed by atoms with Crippen molar-refractivity contribution in [2.75, 3.05) is 14.2 Å². The van der Waals surface area contributed by atoms with Gasteiger partial charge >= 0.3 is 5.97 Å². The van der Waals surface area contributed by atoms with Gasteiger partial charge in [-0.05, 0) is 41.7 Å². The first-order valence-corrected chi connectivity index (χ1v) is 11.8. The highest BCUT2D eigenvalue weighted by atomic mass is 32.2. The number of fused-ring (bicyclic) bond motifs is 1. The summed E-state index contributed by atoms with van der Waals surface area (Å²) in [7, 11) is 2.97. The van der Waals surface area contributed by atoms with E-state index in [1.165, 1.54) is 18.9 Å². The number of aliphatic imine (C=N–C) groups is 1. The Labute approximate surface area is 202 Å². The molecule has 1 N–H and O–H groups in total. The predicted octanol–water partition coefficient (Wildman–Crippen LogP) is 3.93. The first-order chi connectivity index (χ1) is 16.5. The minimum absolute atomic E-state index is 0.134. The van der Waals surface area contributed by atoms with Crippen LogP contribution in [-0.2, 0) is 20.9 Å². The predicted molar refractivity (Wildman–Crippen MR) is 131 cm³/mol. The second-order valence-corrected chi connectivity index (χ2v) is 8.49. The molecule has 176 valence electrons. The van der Waals surface area contributed by atoms with Crippen LogP contribution in [0.4, 0.5) is 0 Å². The van der Waals surface area contributed by atoms with Crippen molar-refractivity contribution >= 4 is 28.8 Å². The molecule has 3 heterocycles. The zero-order chi connectivity index (χ0) is 24.1. The second kappa shape index (κ2) is 10.6. The van der Waals surface area contributed by atoms with E-state index in [2.05, 4.69) is 10.3 Å². The molecule has 0 aliphatic carbocycles. The molecule has 4 rings (SSSR count). The fraction of sp³-hybridized carbons (Fsp3) is 0.280. The van der Waals surface area contributed by atoms with Gasteiger partial charge in [0.1, 0.15) is 5.75 Å². The normalized spacial score (nSPS) is 17.0. The molecule has 0 bridgehead atoms. The monoisotopic (exact) mass is 478 g/mol. The van der Waals surface area contributed by atoms with Crippen LogP contribution in [0, 0.1) is 0 Å². The van der Waals surface area contributed by atoms with Crippen LogP contribution < -0.4 is 10.1 Å². The molecule has 2 aliphatic heterocycles. The Balaban J connectivity index is 1.65. The quantitative estimate of drug-likeness (QED) is 0.575. The topological polar surface area (TPSA) is 93.1 Å². The van der Waals surface area contributed by atoms with E-state index < -0.39 is 12.0 Å². The number of amidine groups is 1. The lowest BCUT2D eigenvalue weighted by molar-refractivity contribution is -0.136. The Morgan fingerprint density at radius 2 is 2.03 bits per heavy atom. The van der Waals surface area contributed by atoms with Gasteiger partial charge in [0.2, 0.25) is 5.91 Å². The first kappa shape index (κ1) is 23.6. The molecule has 0 spiro atoms. The van der Waals surface area contributed by atoms with Crippen LogP contribution in [0.2, 0.25) is 0 Å². The zero-order valence-corrected chi connectivity index (χ0v) is 20.1. The molecule has 1 amide bonds. The Bertz CT molecular complexity index is 1180. The van der Waals surface area contributed by atoms with Gasteiger partial charge in [-0.25, -0.2) is 9.79 Å². The van der Waals surface area contributed by atoms with Gasteiger partial charge < -0.3 is 19.7 Å². The smallest absolute Gasteiger partial charge is 0.338 e. The number of benzene rings is 1. The molecule has 0 saturated heterocycles. The van der Waals surface area contributed by atoms with Gasteiger partial charge in [0.25, 0.3) is 0 Å². The largest absolute Gasteiger partial charge is 0.497 e. The number of hydrogen-bond donors (Lipinski definition) is 1. The Hall–Kier alpha value is -3.59. The number of carbonyl (C=O) groups excluding carboxylic acids is 2. The van der Waals surface area contributed by atoms with Gasteiger partial charge in [-0.2, -0.15) is 0 Å². The van der Waals surface area contributed by atoms with Crippen molar-refractivity contribution in [3.05, 3.63) is 82.3 Å². The van der Waals surface area contributed by atoms with E-state index in [0.29, 0.717) is 30.0 Å². The maximum Gasteiger partial charge on any atom is 0.338 e. The van der Waals surface area contributed by atoms with Gasteiger partial charge in [0, 0.05) is 11.9 Å². The maximum absolute atomic E-state index is 12.9. The summed E-state index contributed by atoms with van der Waals surface area (Å²) in [5, 5.41) is 5.56. The SMILES string of the molecule is CCC1=C(C(=O)OC)[C@H](c2cccc(OC)c2)N2C(CC(=O)NCc3ccccn3)=CSC2=N1. The summed E-state index contributed by atoms with van der Waals surface area (Å²) in [4.78, 5) is 36.7. The third-order valence-electron chi connectivity index (χ3n) is 5.57. The van der Waals surface area contributed by atoms with E-state index >= 15 is 0 Å². The lowest BCUT2D eigenvalue weighted by atomic mass is 9.92. The molecule has 0 unspecified atom stereocenters. The number of nitrogens with zero attached hydrogens (tertiary/aromatic N) is 3. The van der Waals surface area contributed by atoms with Crippen LogP contribution in [-0.4, -0.2) is 41.1 Å². The van der Waals surface area contributed by atoms with Crippen LogP contribution in [0.5, 0.6) is 5.75 Å². The summed E-state index contributed by atoms with van der Waals surface area (Å²) in [6.07, 6.45) is 2.40. The first-order valence-electron chi connectivity index (χ1n) is 10.9. The van der Waals surface area contributed by atoms with E-state index in [9.17, 15) is 9.59 Å². The number of amides is 1. The maximum atomic E-state index is 12.9. The molecule has 0 saturated carbocycles. The van der Waals surface area contributed by atoms with E-state index in [0.717, 1.165) is 22.1 Å². The Kier molecular flexibility index (Phi) is 7.32. The lowest BCUT2D eigenvalue weighted by Crippen LogP contribution is -2.38. The number of aromatic nitrogens is 1. The number of thioether (sulfide) groups is 1. The van der Waals surface area contributed by atoms with Crippen molar-refractivity contribution in [3.63, 3.8) is 0 Å². The fourth-order valence-electron chi connectivity index (χ4n) is 3.96. The minimum Gasteiger partial charge on any atom is -0.497 e. The fourth-order valence-corrected chi connectivity index (χ4v) is 4.90. The highest BCUT2D eigenvalue weighted by Crippen LogP contribution is 2.45. The van der Waals surface area contributed by atoms with E-state index in [-0.39, 0.29) is 12.3 Å². The van der Waals surface area contributed by atoms with Crippen molar-refractivity contribution in [1.29, 1.82) is 0 Å². The number of nitrogens with one attached hydrogen (secondary N) is 1. The van der Waals surface area contributed by atoms with Crippen LogP contribution in [0.15, 0.2) is 76.0 Å². The zero-order valence-electron chi connectivity index (χ0n) is 19.3. The summed E-state index contributed by atoms with van der Waals surface area (Å²) in [5.74, 6) is 0.0886. The van der Waals surface area contributed by atoms with Crippen molar-refractivity contribution in [2.45, 2.75) is 32.4 Å². The lowest BCUT2D eigenvalue weighted by Gasteiger charge is -2.36. The summed E-state index contributed by atoms with van der Waals surface area (Å²) >= 11 is 1.44. The summed E-state index contributed by atoms with van der Waals surface area (Å²) in [6, 6.07) is 12.6. The third-order valence-corrected chi connectivity index (χ3v) is 6.46. The Morgan fingerprint density at radius 1 is 1.18 bits per heavy atom. The molecule has 0 fully saturated rings. The number of hydrogen-bond acceptors (Lipinski definition) is 8. The summed E-state index contributed by atoms with van der Waals surface area (Å²) in [6.45, 7) is 2.30. The molecule has 1 atom stereocenters. The van der Waals surface area contributed by atoms with E-state index in [4.69, 9.17) is 14.5 Å². The van der Waals surface area contributed by atoms with Gasteiger partial charge in [-0.15, -0.1) is 0 Å². The molecule has 8 nitrogen and oxygen atoms in total. The average molecular weight is 479 g/mol. The number of ether oxygens (including phenoxy) is 2. The van der Waals surface area contributed by atoms with Crippen molar-refractivity contribution < 1.29 is 19.1 Å². The standard InChI is InChI=1S/C25H26N4O4S/c1-4-20-22(24(31)33-3)23(16-8-7-10-19(12-16)32-2)29-18(15-34-25(29)28-20)13-21(30)27-14-17-9-5-6-11-26-17/h5-12,15,23H,4,13-14H2,1-3H3,(H,27,30)/t23-/m0/s1. The van der Waals surface area contributed by atoms with E-state index in [1.807, 2.05) is 59.7 Å². The number of esters is 1. The van der Waals surface area contributed by atoms with Crippen molar-refractivity contribution in [1.82, 2.24) is 15.2 Å². The van der Waals surface area contributed by atoms with Crippen LogP contribution in [0.1, 0.15) is 37.1 Å². The number of rotatable bonds is 8. The number of methoxy groups -OCH3 is 2. The molecule has 1 aromatic heterocycles. The Morgan fingerprint density at radius 3 is 2.74 bits per heavy atom. The molecule has 9 heteroatoms. The van der Waals surface area contributed by atoms with Crippen LogP contribution in [0.3, 0.4) is 0 Å². The highest BCUT2D eigenvalue weighted by Gasteiger charge is 2.41. The number of carbonyl (C=O) groups is 2. The summed E-state index contributed by atoms with van der Waals surface area (Å²) < 4.78 is 10.6. The van der Waals surface area contributed by atoms with Gasteiger partial charge in [-0.1, -0.05) is 36.9 Å². The average Bonchev–Trinajstić information content (AvgIpc) is 3.28. The molecular formula is C25H26N4O4S. The minimum atomic E-state index is -0.491. The molecule has 0 radical (unpaired) electrons. The van der Waals surface area contributed by atoms with Gasteiger partial charge in [0.15, 0.2) is 5.17 Å². The summed E-state index contributed by atoms with van der Waals surface area (Å²) in [5.41, 5.74) is 3.52. The molecule has 1 aromatic carbocycles. The third kappa shape index (κ3) is 4.84. The van der Waals surface area contributed by atoms with Gasteiger partial charge in [0.05, 0.1) is 50.2 Å². The van der Waals surface area contributed by atoms with Crippen LogP contribution in [0.25, 0.3) is 0 Å². The molecule has 2 aromatic rings. The molecule has 34 heavy (non-hydrogen) atoms. The second-order valence-electron chi connectivity index (χ2n) is 7.65. The molecule has 2 aliphatic rings. The number of pyridine rings is 1. The molecular weight excluding hydrogens is 452 g/mol. The number of allylic oxidation sites excluding steroid dienone is 1. The van der Waals surface area contributed by atoms with Crippen molar-refractivity contribution in [3.8, 4) is 5.75 Å². The van der Waals surface area contributed by atoms with Gasteiger partial charge in [-0.3, -0.25) is 9.78 Å². The van der Waals surface area contributed by atoms with Crippen molar-refractivity contribution in [2.24, 2.45) is 4.99 Å².